The number of hydrogen-bond donors (Lipinski definition) is 3. The van der Waals surface area contributed by atoms with Crippen molar-refractivity contribution < 1.29 is 28.9 Å². The summed E-state index contributed by atoms with van der Waals surface area (Å²) in [5.74, 6) is 2.11. The molecule has 1 fully saturated rings. The number of aromatic nitrogens is 2. The van der Waals surface area contributed by atoms with Crippen LogP contribution in [0.5, 0.6) is 17.2 Å². The number of aliphatic hydroxyl groups is 1. The summed E-state index contributed by atoms with van der Waals surface area (Å²) in [6.45, 7) is 3.62. The molecule has 3 N–H and O–H groups in total. The largest absolute Gasteiger partial charge is 0.487 e. The number of allylic oxidation sites excluding steroid dienone is 3. The summed E-state index contributed by atoms with van der Waals surface area (Å²) in [7, 11) is 3.17. The van der Waals surface area contributed by atoms with Crippen LogP contribution in [0.2, 0.25) is 0 Å². The van der Waals surface area contributed by atoms with Gasteiger partial charge in [0.1, 0.15) is 18.2 Å². The summed E-state index contributed by atoms with van der Waals surface area (Å²) < 4.78 is 18.8. The standard InChI is InChI=1S/C32H39N5O6/c1-33-32(40)37-14-10-25-19-29(28(21-27(25)37)42-18-17-41-2)43-26-7-11-34-30(20-26)35-31(39)24-5-3-22(4-6-24)23-8-12-36(13-9-23)15-16-38/h3,5,7,10-11,14,19-21,23,38H,4,6,8-9,12-13,15-18H2,1-2H3,(H,33,40)(H,34,35,39). The number of likely N-dealkylation sites (tertiary alicyclic amines) is 1. The first-order chi connectivity index (χ1) is 21.0. The zero-order chi connectivity index (χ0) is 30.2. The van der Waals surface area contributed by atoms with E-state index in [0.717, 1.165) is 49.9 Å². The Kier molecular flexibility index (Phi) is 10.1. The number of amides is 2. The number of benzene rings is 1. The van der Waals surface area contributed by atoms with E-state index >= 15 is 0 Å². The minimum Gasteiger partial charge on any atom is -0.487 e. The van der Waals surface area contributed by atoms with E-state index in [1.54, 1.807) is 44.8 Å². The third-order valence-electron chi connectivity index (χ3n) is 7.94. The Morgan fingerprint density at radius 1 is 1.07 bits per heavy atom. The van der Waals surface area contributed by atoms with Gasteiger partial charge in [-0.15, -0.1) is 0 Å². The maximum absolute atomic E-state index is 13.1. The quantitative estimate of drug-likeness (QED) is 0.282. The van der Waals surface area contributed by atoms with E-state index in [-0.39, 0.29) is 18.5 Å². The smallest absolute Gasteiger partial charge is 0.325 e. The number of pyridine rings is 1. The molecule has 1 aliphatic heterocycles. The Labute approximate surface area is 251 Å². The monoisotopic (exact) mass is 589 g/mol. The predicted molar refractivity (Wildman–Crippen MR) is 164 cm³/mol. The SMILES string of the molecule is CNC(=O)n1ccc2cc(Oc3ccnc(NC(=O)C4=CC=C(C5CCN(CCO)CC5)CC4)c3)c(OCCOC)cc21. The number of fused-ring (bicyclic) bond motifs is 1. The normalized spacial score (nSPS) is 16.0. The van der Waals surface area contributed by atoms with Gasteiger partial charge in [0.2, 0.25) is 0 Å². The number of carbonyl (C=O) groups is 2. The highest BCUT2D eigenvalue weighted by molar-refractivity contribution is 6.03. The molecule has 0 radical (unpaired) electrons. The number of nitrogens with one attached hydrogen (secondary N) is 2. The number of aliphatic hydroxyl groups excluding tert-OH is 1. The van der Waals surface area contributed by atoms with Crippen molar-refractivity contribution in [1.29, 1.82) is 0 Å². The van der Waals surface area contributed by atoms with Crippen molar-refractivity contribution in [2.45, 2.75) is 25.7 Å². The number of anilines is 1. The Morgan fingerprint density at radius 2 is 1.91 bits per heavy atom. The fourth-order valence-electron chi connectivity index (χ4n) is 5.59. The Bertz CT molecular complexity index is 1510. The number of rotatable bonds is 11. The molecule has 3 heterocycles. The summed E-state index contributed by atoms with van der Waals surface area (Å²) in [4.78, 5) is 32.0. The first-order valence-corrected chi connectivity index (χ1v) is 14.7. The van der Waals surface area contributed by atoms with Gasteiger partial charge in [-0.05, 0) is 62.9 Å². The molecule has 2 aromatic heterocycles. The van der Waals surface area contributed by atoms with Crippen LogP contribution in [0.25, 0.3) is 10.9 Å². The van der Waals surface area contributed by atoms with Gasteiger partial charge in [0.25, 0.3) is 5.91 Å². The first-order valence-electron chi connectivity index (χ1n) is 14.7. The van der Waals surface area contributed by atoms with Gasteiger partial charge in [0.15, 0.2) is 11.5 Å². The number of nitrogens with zero attached hydrogens (tertiary/aromatic N) is 3. The van der Waals surface area contributed by atoms with Gasteiger partial charge in [-0.1, -0.05) is 17.7 Å². The molecule has 1 aliphatic carbocycles. The highest BCUT2D eigenvalue weighted by atomic mass is 16.5. The van der Waals surface area contributed by atoms with E-state index in [0.29, 0.717) is 54.1 Å². The lowest BCUT2D eigenvalue weighted by molar-refractivity contribution is -0.113. The second-order valence-corrected chi connectivity index (χ2v) is 10.6. The molecule has 2 aliphatic rings. The van der Waals surface area contributed by atoms with E-state index < -0.39 is 0 Å². The van der Waals surface area contributed by atoms with Crippen molar-refractivity contribution in [1.82, 2.24) is 19.8 Å². The number of β-amino-alcohol motifs (C(OH)–C–C–N with tert-alkyl or cyclic N) is 1. The third-order valence-corrected chi connectivity index (χ3v) is 7.94. The molecule has 0 saturated carbocycles. The van der Waals surface area contributed by atoms with Crippen molar-refractivity contribution in [3.63, 3.8) is 0 Å². The van der Waals surface area contributed by atoms with Crippen LogP contribution in [-0.2, 0) is 9.53 Å². The highest BCUT2D eigenvalue weighted by Gasteiger charge is 2.24. The number of carbonyl (C=O) groups excluding carboxylic acids is 2. The summed E-state index contributed by atoms with van der Waals surface area (Å²) >= 11 is 0. The fraction of sp³-hybridized carbons (Fsp3) is 0.406. The third kappa shape index (κ3) is 7.42. The lowest BCUT2D eigenvalue weighted by Crippen LogP contribution is -2.36. The van der Waals surface area contributed by atoms with Crippen molar-refractivity contribution >= 4 is 28.7 Å². The van der Waals surface area contributed by atoms with Gasteiger partial charge >= 0.3 is 6.03 Å². The van der Waals surface area contributed by atoms with Crippen molar-refractivity contribution in [3.8, 4) is 17.2 Å². The van der Waals surface area contributed by atoms with Gasteiger partial charge in [-0.3, -0.25) is 9.36 Å². The molecule has 43 heavy (non-hydrogen) atoms. The molecular weight excluding hydrogens is 550 g/mol. The maximum atomic E-state index is 13.1. The Morgan fingerprint density at radius 3 is 2.63 bits per heavy atom. The molecule has 0 spiro atoms. The van der Waals surface area contributed by atoms with Crippen LogP contribution in [0, 0.1) is 5.92 Å². The minimum absolute atomic E-state index is 0.182. The molecule has 5 rings (SSSR count). The fourth-order valence-corrected chi connectivity index (χ4v) is 5.59. The summed E-state index contributed by atoms with van der Waals surface area (Å²) in [6.07, 6.45) is 11.0. The van der Waals surface area contributed by atoms with Crippen LogP contribution in [0.15, 0.2) is 66.0 Å². The van der Waals surface area contributed by atoms with E-state index in [1.165, 1.54) is 10.1 Å². The second-order valence-electron chi connectivity index (χ2n) is 10.6. The van der Waals surface area contributed by atoms with E-state index in [4.69, 9.17) is 14.2 Å². The number of ether oxygens (including phenoxy) is 3. The summed E-state index contributed by atoms with van der Waals surface area (Å²) in [5.41, 5.74) is 2.79. The summed E-state index contributed by atoms with van der Waals surface area (Å²) in [6, 6.07) is 8.50. The molecule has 0 unspecified atom stereocenters. The molecule has 11 heteroatoms. The molecule has 1 aromatic carbocycles. The average Bonchev–Trinajstić information content (AvgIpc) is 3.44. The predicted octanol–water partition coefficient (Wildman–Crippen LogP) is 4.33. The zero-order valence-corrected chi connectivity index (χ0v) is 24.7. The van der Waals surface area contributed by atoms with Gasteiger partial charge in [-0.25, -0.2) is 9.78 Å². The van der Waals surface area contributed by atoms with Gasteiger partial charge in [-0.2, -0.15) is 0 Å². The molecular formula is C32H39N5O6. The van der Waals surface area contributed by atoms with E-state index in [1.807, 2.05) is 18.2 Å². The topological polar surface area (TPSA) is 127 Å². The van der Waals surface area contributed by atoms with Crippen LogP contribution >= 0.6 is 0 Å². The molecule has 11 nitrogen and oxygen atoms in total. The highest BCUT2D eigenvalue weighted by Crippen LogP contribution is 2.37. The molecule has 228 valence electrons. The van der Waals surface area contributed by atoms with Crippen LogP contribution in [0.1, 0.15) is 25.7 Å². The van der Waals surface area contributed by atoms with Crippen LogP contribution in [0.3, 0.4) is 0 Å². The first kappa shape index (κ1) is 30.3. The maximum Gasteiger partial charge on any atom is 0.325 e. The van der Waals surface area contributed by atoms with Crippen LogP contribution < -0.4 is 20.1 Å². The lowest BCUT2D eigenvalue weighted by atomic mass is 9.83. The van der Waals surface area contributed by atoms with E-state index in [2.05, 4.69) is 26.6 Å². The summed E-state index contributed by atoms with van der Waals surface area (Å²) in [5, 5.41) is 15.5. The minimum atomic E-state index is -0.264. The van der Waals surface area contributed by atoms with Crippen LogP contribution in [0.4, 0.5) is 10.6 Å². The van der Waals surface area contributed by atoms with E-state index in [9.17, 15) is 14.7 Å². The zero-order valence-electron chi connectivity index (χ0n) is 24.7. The van der Waals surface area contributed by atoms with Gasteiger partial charge < -0.3 is 34.9 Å². The molecule has 2 amide bonds. The lowest BCUT2D eigenvalue weighted by Gasteiger charge is -2.33. The second kappa shape index (κ2) is 14.3. The number of methoxy groups -OCH3 is 1. The molecule has 3 aromatic rings. The number of hydrogen-bond acceptors (Lipinski definition) is 8. The van der Waals surface area contributed by atoms with Crippen LogP contribution in [-0.4, -0.2) is 85.1 Å². The molecule has 0 atom stereocenters. The van der Waals surface area contributed by atoms with Gasteiger partial charge in [0.05, 0.1) is 18.7 Å². The Balaban J connectivity index is 1.27. The molecule has 1 saturated heterocycles. The van der Waals surface area contributed by atoms with Crippen molar-refractivity contribution in [3.05, 3.63) is 66.0 Å². The Hall–Kier alpha value is -4.19. The molecule has 0 bridgehead atoms. The number of piperidine rings is 1. The van der Waals surface area contributed by atoms with Crippen molar-refractivity contribution in [2.24, 2.45) is 5.92 Å². The van der Waals surface area contributed by atoms with Crippen molar-refractivity contribution in [2.75, 3.05) is 58.9 Å². The average molecular weight is 590 g/mol. The van der Waals surface area contributed by atoms with Gasteiger partial charge in [0, 0.05) is 56.2 Å².